The average molecular weight is 357 g/mol. The van der Waals surface area contributed by atoms with Gasteiger partial charge < -0.3 is 10.6 Å². The van der Waals surface area contributed by atoms with Crippen molar-refractivity contribution >= 4 is 22.4 Å². The first kappa shape index (κ1) is 16.6. The van der Waals surface area contributed by atoms with E-state index < -0.39 is 0 Å². The molecule has 0 aromatic carbocycles. The number of hydrogen-bond donors (Lipinski definition) is 2. The van der Waals surface area contributed by atoms with E-state index in [4.69, 9.17) is 0 Å². The molecule has 1 saturated heterocycles. The molecule has 4 rings (SSSR count). The summed E-state index contributed by atoms with van der Waals surface area (Å²) in [7, 11) is 0. The van der Waals surface area contributed by atoms with Crippen LogP contribution in [0.4, 0.5) is 5.13 Å². The van der Waals surface area contributed by atoms with Gasteiger partial charge in [0.15, 0.2) is 5.13 Å². The Morgan fingerprint density at radius 2 is 2.32 bits per heavy atom. The number of carbonyl (C=O) groups is 1. The number of fused-ring (bicyclic) bond motifs is 1. The Kier molecular flexibility index (Phi) is 5.05. The first-order valence-corrected chi connectivity index (χ1v) is 9.74. The van der Waals surface area contributed by atoms with E-state index >= 15 is 0 Å². The zero-order valence-corrected chi connectivity index (χ0v) is 15.0. The van der Waals surface area contributed by atoms with Crippen LogP contribution in [0.2, 0.25) is 0 Å². The molecule has 2 aromatic rings. The second-order valence-corrected chi connectivity index (χ2v) is 7.70. The minimum Gasteiger partial charge on any atom is -0.314 e. The third-order valence-electron chi connectivity index (χ3n) is 4.86. The molecular weight excluding hydrogens is 334 g/mol. The Morgan fingerprint density at radius 1 is 1.40 bits per heavy atom. The van der Waals surface area contributed by atoms with Crippen molar-refractivity contribution in [3.8, 4) is 0 Å². The molecule has 0 bridgehead atoms. The number of nitrogens with one attached hydrogen (secondary N) is 2. The van der Waals surface area contributed by atoms with Crippen molar-refractivity contribution in [1.82, 2.24) is 20.2 Å². The summed E-state index contributed by atoms with van der Waals surface area (Å²) in [4.78, 5) is 24.9. The first-order chi connectivity index (χ1) is 12.3. The highest BCUT2D eigenvalue weighted by molar-refractivity contribution is 7.15. The van der Waals surface area contributed by atoms with Crippen molar-refractivity contribution in [2.24, 2.45) is 0 Å². The lowest BCUT2D eigenvalue weighted by molar-refractivity contribution is -0.118. The summed E-state index contributed by atoms with van der Waals surface area (Å²) in [6.45, 7) is 2.97. The predicted octanol–water partition coefficient (Wildman–Crippen LogP) is 2.00. The van der Waals surface area contributed by atoms with Gasteiger partial charge in [-0.05, 0) is 37.3 Å². The third kappa shape index (κ3) is 3.89. The molecular formula is C18H23N5OS. The lowest BCUT2D eigenvalue weighted by Gasteiger charge is -2.35. The van der Waals surface area contributed by atoms with Gasteiger partial charge in [0.25, 0.3) is 0 Å². The number of carbonyl (C=O) groups excluding carboxylic acids is 1. The van der Waals surface area contributed by atoms with Gasteiger partial charge in [0.05, 0.1) is 12.2 Å². The number of thiazole rings is 1. The number of aryl methyl sites for hydroxylation is 2. The van der Waals surface area contributed by atoms with E-state index in [1.54, 1.807) is 17.5 Å². The Labute approximate surface area is 151 Å². The maximum absolute atomic E-state index is 12.5. The minimum atomic E-state index is 0.0156. The molecule has 0 radical (unpaired) electrons. The lowest BCUT2D eigenvalue weighted by atomic mass is 10.0. The molecule has 0 spiro atoms. The smallest absolute Gasteiger partial charge is 0.240 e. The minimum absolute atomic E-state index is 0.0156. The number of aromatic nitrogens is 2. The molecule has 1 amide bonds. The van der Waals surface area contributed by atoms with E-state index in [1.165, 1.54) is 23.4 Å². The van der Waals surface area contributed by atoms with E-state index in [9.17, 15) is 4.79 Å². The van der Waals surface area contributed by atoms with Crippen molar-refractivity contribution in [2.45, 2.75) is 31.7 Å². The van der Waals surface area contributed by atoms with E-state index in [0.717, 1.165) is 43.2 Å². The lowest BCUT2D eigenvalue weighted by Crippen LogP contribution is -2.48. The van der Waals surface area contributed by atoms with Crippen molar-refractivity contribution in [2.75, 3.05) is 31.5 Å². The molecule has 132 valence electrons. The van der Waals surface area contributed by atoms with E-state index in [2.05, 4.69) is 31.6 Å². The van der Waals surface area contributed by atoms with Crippen molar-refractivity contribution in [3.63, 3.8) is 0 Å². The predicted molar refractivity (Wildman–Crippen MR) is 98.8 cm³/mol. The van der Waals surface area contributed by atoms with Crippen LogP contribution in [-0.2, 0) is 17.6 Å². The van der Waals surface area contributed by atoms with E-state index in [1.807, 2.05) is 12.3 Å². The molecule has 6 nitrogen and oxygen atoms in total. The molecule has 1 aliphatic carbocycles. The summed E-state index contributed by atoms with van der Waals surface area (Å²) >= 11 is 1.64. The normalized spacial score (nSPS) is 20.9. The summed E-state index contributed by atoms with van der Waals surface area (Å²) in [6, 6.07) is 4.20. The van der Waals surface area contributed by atoms with E-state index in [-0.39, 0.29) is 11.9 Å². The Hall–Kier alpha value is -1.83. The van der Waals surface area contributed by atoms with Crippen molar-refractivity contribution in [3.05, 3.63) is 40.7 Å². The number of rotatable bonds is 4. The molecule has 2 aromatic heterocycles. The Balaban J connectivity index is 1.41. The number of nitrogens with zero attached hydrogens (tertiary/aromatic N) is 3. The molecule has 2 N–H and O–H groups in total. The monoisotopic (exact) mass is 357 g/mol. The average Bonchev–Trinajstić information content (AvgIpc) is 3.05. The van der Waals surface area contributed by atoms with Crippen molar-refractivity contribution in [1.29, 1.82) is 0 Å². The van der Waals surface area contributed by atoms with Gasteiger partial charge in [0, 0.05) is 42.9 Å². The van der Waals surface area contributed by atoms with Crippen LogP contribution >= 0.6 is 11.3 Å². The number of pyridine rings is 1. The molecule has 7 heteroatoms. The zero-order valence-electron chi connectivity index (χ0n) is 14.2. The van der Waals surface area contributed by atoms with Gasteiger partial charge in [-0.25, -0.2) is 4.98 Å². The van der Waals surface area contributed by atoms with Crippen LogP contribution in [0.3, 0.4) is 0 Å². The van der Waals surface area contributed by atoms with Crippen LogP contribution in [-0.4, -0.2) is 47.0 Å². The highest BCUT2D eigenvalue weighted by atomic mass is 32.1. The van der Waals surface area contributed by atoms with Gasteiger partial charge in [-0.1, -0.05) is 6.07 Å². The number of amides is 1. The summed E-state index contributed by atoms with van der Waals surface area (Å²) in [5.74, 6) is 0.0156. The SMILES string of the molecule is O=C(CN1CCNCC1c1cccnc1)Nc1nc2c(s1)CCCC2. The quantitative estimate of drug-likeness (QED) is 0.876. The molecule has 3 heterocycles. The van der Waals surface area contributed by atoms with Gasteiger partial charge in [-0.2, -0.15) is 0 Å². The van der Waals surface area contributed by atoms with Gasteiger partial charge >= 0.3 is 0 Å². The first-order valence-electron chi connectivity index (χ1n) is 8.93. The Morgan fingerprint density at radius 3 is 3.16 bits per heavy atom. The van der Waals surface area contributed by atoms with Gasteiger partial charge in [-0.3, -0.25) is 14.7 Å². The molecule has 1 atom stereocenters. The number of hydrogen-bond acceptors (Lipinski definition) is 6. The summed E-state index contributed by atoms with van der Waals surface area (Å²) in [6.07, 6.45) is 8.25. The third-order valence-corrected chi connectivity index (χ3v) is 5.94. The number of anilines is 1. The molecule has 1 fully saturated rings. The van der Waals surface area contributed by atoms with Crippen LogP contribution < -0.4 is 10.6 Å². The second-order valence-electron chi connectivity index (χ2n) is 6.62. The summed E-state index contributed by atoms with van der Waals surface area (Å²) < 4.78 is 0. The van der Waals surface area contributed by atoms with Crippen LogP contribution in [0, 0.1) is 0 Å². The summed E-state index contributed by atoms with van der Waals surface area (Å²) in [5.41, 5.74) is 2.33. The topological polar surface area (TPSA) is 70.2 Å². The zero-order chi connectivity index (χ0) is 17.1. The molecule has 1 aliphatic heterocycles. The summed E-state index contributed by atoms with van der Waals surface area (Å²) in [5, 5.41) is 7.17. The standard InChI is InChI=1S/C18H23N5OS/c24-17(22-18-21-14-5-1-2-6-16(14)25-18)12-23-9-8-20-11-15(23)13-4-3-7-19-10-13/h3-4,7,10,15,20H,1-2,5-6,8-9,11-12H2,(H,21,22,24). The molecule has 0 saturated carbocycles. The fourth-order valence-corrected chi connectivity index (χ4v) is 4.65. The second kappa shape index (κ2) is 7.59. The maximum atomic E-state index is 12.5. The van der Waals surface area contributed by atoms with Gasteiger partial charge in [-0.15, -0.1) is 11.3 Å². The fraction of sp³-hybridized carbons (Fsp3) is 0.500. The molecule has 1 unspecified atom stereocenters. The van der Waals surface area contributed by atoms with Crippen molar-refractivity contribution < 1.29 is 4.79 Å². The molecule has 2 aliphatic rings. The highest BCUT2D eigenvalue weighted by Crippen LogP contribution is 2.29. The van der Waals surface area contributed by atoms with Crippen LogP contribution in [0.5, 0.6) is 0 Å². The molecule has 25 heavy (non-hydrogen) atoms. The van der Waals surface area contributed by atoms with Gasteiger partial charge in [0.2, 0.25) is 5.91 Å². The fourth-order valence-electron chi connectivity index (χ4n) is 3.59. The van der Waals surface area contributed by atoms with Crippen LogP contribution in [0.1, 0.15) is 35.0 Å². The Bertz CT molecular complexity index is 709. The highest BCUT2D eigenvalue weighted by Gasteiger charge is 2.26. The number of piperazine rings is 1. The van der Waals surface area contributed by atoms with Crippen LogP contribution in [0.15, 0.2) is 24.5 Å². The largest absolute Gasteiger partial charge is 0.314 e. The maximum Gasteiger partial charge on any atom is 0.240 e. The van der Waals surface area contributed by atoms with Crippen LogP contribution in [0.25, 0.3) is 0 Å². The van der Waals surface area contributed by atoms with Gasteiger partial charge in [0.1, 0.15) is 0 Å². The van der Waals surface area contributed by atoms with E-state index in [0.29, 0.717) is 6.54 Å².